The Morgan fingerprint density at radius 2 is 1.46 bits per heavy atom. The van der Waals surface area contributed by atoms with E-state index in [-0.39, 0.29) is 24.9 Å². The highest BCUT2D eigenvalue weighted by molar-refractivity contribution is 5.96. The Morgan fingerprint density at radius 1 is 0.846 bits per heavy atom. The van der Waals surface area contributed by atoms with Gasteiger partial charge in [-0.05, 0) is 24.6 Å². The summed E-state index contributed by atoms with van der Waals surface area (Å²) in [5.74, 6) is -0.899. The number of hydrogen-bond donors (Lipinski definition) is 2. The first-order chi connectivity index (χ1) is 12.6. The maximum atomic E-state index is 12.3. The Balaban J connectivity index is 1.75. The number of hydrogen-bond acceptors (Lipinski definition) is 3. The van der Waals surface area contributed by atoms with Crippen LogP contribution < -0.4 is 10.6 Å². The molecule has 136 valence electrons. The minimum atomic E-state index is -0.404. The standard InChI is InChI=1S/C20H23N3O3/c1-2-23(15-16-9-5-3-6-10-16)19(25)14-21-18(24)13-22-20(26)17-11-7-4-8-12-17/h3-12H,2,13-15H2,1H3,(H,21,24)(H,22,26). The number of carbonyl (C=O) groups is 3. The molecule has 0 heterocycles. The van der Waals surface area contributed by atoms with Crippen molar-refractivity contribution in [1.29, 1.82) is 0 Å². The predicted octanol–water partition coefficient (Wildman–Crippen LogP) is 1.58. The van der Waals surface area contributed by atoms with E-state index < -0.39 is 5.91 Å². The lowest BCUT2D eigenvalue weighted by Gasteiger charge is -2.21. The van der Waals surface area contributed by atoms with Gasteiger partial charge in [0, 0.05) is 18.7 Å². The maximum absolute atomic E-state index is 12.3. The molecule has 0 aliphatic rings. The SMILES string of the molecule is CCN(Cc1ccccc1)C(=O)CNC(=O)CNC(=O)c1ccccc1. The van der Waals surface area contributed by atoms with Gasteiger partial charge in [0.2, 0.25) is 11.8 Å². The normalized spacial score (nSPS) is 10.0. The molecular weight excluding hydrogens is 330 g/mol. The van der Waals surface area contributed by atoms with Crippen LogP contribution in [0.5, 0.6) is 0 Å². The molecule has 2 aromatic carbocycles. The van der Waals surface area contributed by atoms with Crippen molar-refractivity contribution in [1.82, 2.24) is 15.5 Å². The van der Waals surface area contributed by atoms with Crippen LogP contribution in [0.2, 0.25) is 0 Å². The average molecular weight is 353 g/mol. The molecule has 0 atom stereocenters. The van der Waals surface area contributed by atoms with Crippen LogP contribution in [0, 0.1) is 0 Å². The van der Waals surface area contributed by atoms with Gasteiger partial charge in [0.05, 0.1) is 13.1 Å². The summed E-state index contributed by atoms with van der Waals surface area (Å²) >= 11 is 0. The number of rotatable bonds is 8. The molecule has 0 spiro atoms. The van der Waals surface area contributed by atoms with E-state index >= 15 is 0 Å². The lowest BCUT2D eigenvalue weighted by molar-refractivity contribution is -0.133. The van der Waals surface area contributed by atoms with Gasteiger partial charge in [-0.25, -0.2) is 0 Å². The summed E-state index contributed by atoms with van der Waals surface area (Å²) in [7, 11) is 0. The van der Waals surface area contributed by atoms with Gasteiger partial charge < -0.3 is 15.5 Å². The minimum absolute atomic E-state index is 0.0965. The van der Waals surface area contributed by atoms with Gasteiger partial charge in [0.25, 0.3) is 5.91 Å². The van der Waals surface area contributed by atoms with Crippen molar-refractivity contribution < 1.29 is 14.4 Å². The summed E-state index contributed by atoms with van der Waals surface area (Å²) in [6, 6.07) is 18.3. The van der Waals surface area contributed by atoms with E-state index in [0.29, 0.717) is 18.7 Å². The molecule has 0 aliphatic heterocycles. The predicted molar refractivity (Wildman–Crippen MR) is 99.3 cm³/mol. The van der Waals surface area contributed by atoms with Crippen LogP contribution in [0.4, 0.5) is 0 Å². The summed E-state index contributed by atoms with van der Waals surface area (Å²) < 4.78 is 0. The Bertz CT molecular complexity index is 732. The van der Waals surface area contributed by atoms with Crippen molar-refractivity contribution in [3.05, 3.63) is 71.8 Å². The van der Waals surface area contributed by atoms with Gasteiger partial charge in [0.1, 0.15) is 0 Å². The molecule has 26 heavy (non-hydrogen) atoms. The van der Waals surface area contributed by atoms with Crippen LogP contribution in [0.3, 0.4) is 0 Å². The third-order valence-corrected chi connectivity index (χ3v) is 3.83. The third kappa shape index (κ3) is 6.05. The number of likely N-dealkylation sites (N-methyl/N-ethyl adjacent to an activating group) is 1. The second-order valence-corrected chi connectivity index (χ2v) is 5.72. The molecule has 2 rings (SSSR count). The Morgan fingerprint density at radius 3 is 2.08 bits per heavy atom. The van der Waals surface area contributed by atoms with Crippen LogP contribution in [0.15, 0.2) is 60.7 Å². The highest BCUT2D eigenvalue weighted by Gasteiger charge is 2.14. The van der Waals surface area contributed by atoms with Crippen molar-refractivity contribution in [3.63, 3.8) is 0 Å². The highest BCUT2D eigenvalue weighted by Crippen LogP contribution is 2.04. The molecule has 2 N–H and O–H groups in total. The molecule has 0 unspecified atom stereocenters. The minimum Gasteiger partial charge on any atom is -0.345 e. The van der Waals surface area contributed by atoms with E-state index in [0.717, 1.165) is 5.56 Å². The van der Waals surface area contributed by atoms with Crippen LogP contribution in [0.1, 0.15) is 22.8 Å². The van der Waals surface area contributed by atoms with Crippen molar-refractivity contribution in [2.45, 2.75) is 13.5 Å². The molecule has 0 aromatic heterocycles. The molecule has 0 saturated heterocycles. The van der Waals surface area contributed by atoms with Gasteiger partial charge in [-0.3, -0.25) is 14.4 Å². The quantitative estimate of drug-likeness (QED) is 0.756. The van der Waals surface area contributed by atoms with Crippen molar-refractivity contribution in [2.75, 3.05) is 19.6 Å². The van der Waals surface area contributed by atoms with Crippen LogP contribution >= 0.6 is 0 Å². The molecule has 0 fully saturated rings. The zero-order chi connectivity index (χ0) is 18.8. The molecule has 6 heteroatoms. The zero-order valence-electron chi connectivity index (χ0n) is 14.8. The van der Waals surface area contributed by atoms with E-state index in [1.165, 1.54) is 0 Å². The topological polar surface area (TPSA) is 78.5 Å². The van der Waals surface area contributed by atoms with Crippen molar-refractivity contribution in [2.24, 2.45) is 0 Å². The van der Waals surface area contributed by atoms with E-state index in [4.69, 9.17) is 0 Å². The largest absolute Gasteiger partial charge is 0.345 e. The maximum Gasteiger partial charge on any atom is 0.251 e. The van der Waals surface area contributed by atoms with E-state index in [2.05, 4.69) is 10.6 Å². The first-order valence-corrected chi connectivity index (χ1v) is 8.51. The number of benzene rings is 2. The van der Waals surface area contributed by atoms with Crippen LogP contribution in [-0.2, 0) is 16.1 Å². The molecular formula is C20H23N3O3. The van der Waals surface area contributed by atoms with Gasteiger partial charge in [-0.2, -0.15) is 0 Å². The summed E-state index contributed by atoms with van der Waals surface area (Å²) in [5, 5.41) is 5.07. The molecule has 0 aliphatic carbocycles. The fourth-order valence-corrected chi connectivity index (χ4v) is 2.38. The monoisotopic (exact) mass is 353 g/mol. The average Bonchev–Trinajstić information content (AvgIpc) is 2.69. The third-order valence-electron chi connectivity index (χ3n) is 3.83. The second-order valence-electron chi connectivity index (χ2n) is 5.72. The molecule has 0 bridgehead atoms. The lowest BCUT2D eigenvalue weighted by Crippen LogP contribution is -2.43. The molecule has 0 saturated carbocycles. The Hall–Kier alpha value is -3.15. The van der Waals surface area contributed by atoms with Crippen molar-refractivity contribution >= 4 is 17.7 Å². The number of nitrogens with zero attached hydrogens (tertiary/aromatic N) is 1. The number of carbonyl (C=O) groups excluding carboxylic acids is 3. The van der Waals surface area contributed by atoms with Crippen molar-refractivity contribution in [3.8, 4) is 0 Å². The summed E-state index contributed by atoms with van der Waals surface area (Å²) in [5.41, 5.74) is 1.51. The first-order valence-electron chi connectivity index (χ1n) is 8.51. The summed E-state index contributed by atoms with van der Waals surface area (Å²) in [4.78, 5) is 37.7. The van der Waals surface area contributed by atoms with Gasteiger partial charge in [-0.1, -0.05) is 48.5 Å². The van der Waals surface area contributed by atoms with E-state index in [1.54, 1.807) is 29.2 Å². The fraction of sp³-hybridized carbons (Fsp3) is 0.250. The number of amides is 3. The Kier molecular flexibility index (Phi) is 7.36. The van der Waals surface area contributed by atoms with Gasteiger partial charge in [-0.15, -0.1) is 0 Å². The highest BCUT2D eigenvalue weighted by atomic mass is 16.2. The van der Waals surface area contributed by atoms with Crippen LogP contribution in [0.25, 0.3) is 0 Å². The molecule has 2 aromatic rings. The van der Waals surface area contributed by atoms with E-state index in [9.17, 15) is 14.4 Å². The lowest BCUT2D eigenvalue weighted by atomic mass is 10.2. The molecule has 3 amide bonds. The molecule has 6 nitrogen and oxygen atoms in total. The second kappa shape index (κ2) is 9.98. The van der Waals surface area contributed by atoms with Gasteiger partial charge in [0.15, 0.2) is 0 Å². The zero-order valence-corrected chi connectivity index (χ0v) is 14.8. The summed E-state index contributed by atoms with van der Waals surface area (Å²) in [6.45, 7) is 2.67. The number of nitrogens with one attached hydrogen (secondary N) is 2. The summed E-state index contributed by atoms with van der Waals surface area (Å²) in [6.07, 6.45) is 0. The van der Waals surface area contributed by atoms with Gasteiger partial charge >= 0.3 is 0 Å². The van der Waals surface area contributed by atoms with E-state index in [1.807, 2.05) is 43.3 Å². The fourth-order valence-electron chi connectivity index (χ4n) is 2.38. The molecule has 0 radical (unpaired) electrons. The first kappa shape index (κ1) is 19.2. The van der Waals surface area contributed by atoms with Crippen LogP contribution in [-0.4, -0.2) is 42.3 Å². The smallest absolute Gasteiger partial charge is 0.251 e. The Labute approximate surface area is 153 Å².